The first-order chi connectivity index (χ1) is 17.8. The summed E-state index contributed by atoms with van der Waals surface area (Å²) in [5.74, 6) is 0. The van der Waals surface area contributed by atoms with E-state index in [1.807, 2.05) is 0 Å². The molecule has 0 saturated carbocycles. The molecule has 36 heavy (non-hydrogen) atoms. The molecule has 1 heteroatoms. The van der Waals surface area contributed by atoms with E-state index in [1.165, 1.54) is 71.6 Å². The molecule has 0 aliphatic heterocycles. The quantitative estimate of drug-likeness (QED) is 0.244. The molecule has 1 heterocycles. The molecule has 0 N–H and O–H groups in total. The van der Waals surface area contributed by atoms with Crippen molar-refractivity contribution < 1.29 is 0 Å². The molecule has 168 valence electrons. The molecule has 8 rings (SSSR count). The summed E-state index contributed by atoms with van der Waals surface area (Å²) in [6.45, 7) is 0. The first-order valence-corrected chi connectivity index (χ1v) is 12.6. The van der Waals surface area contributed by atoms with Crippen LogP contribution >= 0.6 is 0 Å². The molecule has 0 spiro atoms. The monoisotopic (exact) mass is 457 g/mol. The van der Waals surface area contributed by atoms with Crippen molar-refractivity contribution in [2.24, 2.45) is 0 Å². The molecule has 0 atom stereocenters. The Bertz CT molecular complexity index is 1960. The van der Waals surface area contributed by atoms with Gasteiger partial charge < -0.3 is 4.57 Å². The van der Waals surface area contributed by atoms with Gasteiger partial charge in [-0.25, -0.2) is 0 Å². The van der Waals surface area contributed by atoms with Gasteiger partial charge in [-0.05, 0) is 80.9 Å². The Labute approximate surface area is 209 Å². The average molecular weight is 458 g/mol. The first-order valence-electron chi connectivity index (χ1n) is 12.6. The van der Waals surface area contributed by atoms with Crippen LogP contribution in [0.4, 0.5) is 0 Å². The van der Waals surface area contributed by atoms with Crippen LogP contribution in [-0.2, 0) is 6.42 Å². The number of rotatable bonds is 2. The average Bonchev–Trinajstić information content (AvgIpc) is 3.48. The van der Waals surface area contributed by atoms with Crippen LogP contribution in [-0.4, -0.2) is 4.57 Å². The molecule has 1 aliphatic carbocycles. The van der Waals surface area contributed by atoms with E-state index in [-0.39, 0.29) is 0 Å². The van der Waals surface area contributed by atoms with Crippen LogP contribution in [0, 0.1) is 0 Å². The number of fused-ring (bicyclic) bond motifs is 8. The van der Waals surface area contributed by atoms with Crippen LogP contribution in [0.15, 0.2) is 127 Å². The maximum Gasteiger partial charge on any atom is 0.0541 e. The van der Waals surface area contributed by atoms with E-state index < -0.39 is 0 Å². The van der Waals surface area contributed by atoms with Gasteiger partial charge in [0, 0.05) is 16.5 Å². The number of hydrogen-bond donors (Lipinski definition) is 0. The Hall–Kier alpha value is -4.62. The molecule has 1 aliphatic rings. The number of nitrogens with zero attached hydrogens (tertiary/aromatic N) is 1. The summed E-state index contributed by atoms with van der Waals surface area (Å²) < 4.78 is 2.43. The predicted octanol–water partition coefficient (Wildman–Crippen LogP) is 9.18. The number of aromatic nitrogens is 1. The highest BCUT2D eigenvalue weighted by molar-refractivity contribution is 6.10. The second kappa shape index (κ2) is 7.44. The molecule has 0 radical (unpaired) electrons. The highest BCUT2D eigenvalue weighted by atomic mass is 15.0. The van der Waals surface area contributed by atoms with Gasteiger partial charge in [-0.15, -0.1) is 0 Å². The van der Waals surface area contributed by atoms with Crippen molar-refractivity contribution in [3.05, 3.63) is 139 Å². The Morgan fingerprint density at radius 3 is 2.14 bits per heavy atom. The van der Waals surface area contributed by atoms with Crippen molar-refractivity contribution in [3.63, 3.8) is 0 Å². The van der Waals surface area contributed by atoms with Crippen LogP contribution in [0.5, 0.6) is 0 Å². The smallest absolute Gasteiger partial charge is 0.0541 e. The number of para-hydroxylation sites is 1. The number of hydrogen-bond acceptors (Lipinski definition) is 0. The zero-order valence-electron chi connectivity index (χ0n) is 19.8. The maximum absolute atomic E-state index is 2.43. The predicted molar refractivity (Wildman–Crippen MR) is 152 cm³/mol. The minimum absolute atomic E-state index is 1.00. The standard InChI is InChI=1S/C35H23N/c1-2-8-23(9-3-1)25-17-19-34-32(21-25)30-12-6-7-13-33(30)36(34)28-18-16-26-20-27-15-14-24-10-4-5-11-29(24)35(27)31(26)22-28/h1-19,21-22H,20H2. The van der Waals surface area contributed by atoms with Gasteiger partial charge in [0.15, 0.2) is 0 Å². The van der Waals surface area contributed by atoms with Crippen LogP contribution in [0.2, 0.25) is 0 Å². The Balaban J connectivity index is 1.39. The van der Waals surface area contributed by atoms with Crippen molar-refractivity contribution in [2.75, 3.05) is 0 Å². The molecular weight excluding hydrogens is 434 g/mol. The van der Waals surface area contributed by atoms with E-state index in [0.717, 1.165) is 6.42 Å². The topological polar surface area (TPSA) is 4.93 Å². The summed E-state index contributed by atoms with van der Waals surface area (Å²) in [5, 5.41) is 5.23. The van der Waals surface area contributed by atoms with E-state index in [2.05, 4.69) is 132 Å². The third kappa shape index (κ3) is 2.77. The van der Waals surface area contributed by atoms with Crippen molar-refractivity contribution in [1.29, 1.82) is 0 Å². The van der Waals surface area contributed by atoms with E-state index in [4.69, 9.17) is 0 Å². The van der Waals surface area contributed by atoms with Gasteiger partial charge in [-0.1, -0.05) is 97.1 Å². The van der Waals surface area contributed by atoms with Gasteiger partial charge in [-0.3, -0.25) is 0 Å². The minimum Gasteiger partial charge on any atom is -0.309 e. The SMILES string of the molecule is c1ccc(-c2ccc3c(c2)c2ccccc2n3-c2ccc3c(c2)-c2c(ccc4ccccc24)C3)cc1. The number of benzene rings is 6. The lowest BCUT2D eigenvalue weighted by Crippen LogP contribution is -1.95. The molecule has 7 aromatic rings. The van der Waals surface area contributed by atoms with Crippen LogP contribution in [0.3, 0.4) is 0 Å². The first kappa shape index (κ1) is 19.7. The fourth-order valence-corrected chi connectivity index (χ4v) is 6.14. The fraction of sp³-hybridized carbons (Fsp3) is 0.0286. The van der Waals surface area contributed by atoms with E-state index in [9.17, 15) is 0 Å². The summed E-state index contributed by atoms with van der Waals surface area (Å²) in [5.41, 5.74) is 11.8. The van der Waals surface area contributed by atoms with Crippen molar-refractivity contribution >= 4 is 32.6 Å². The van der Waals surface area contributed by atoms with Crippen LogP contribution < -0.4 is 0 Å². The van der Waals surface area contributed by atoms with E-state index in [1.54, 1.807) is 0 Å². The summed E-state index contributed by atoms with van der Waals surface area (Å²) >= 11 is 0. The molecule has 0 fully saturated rings. The highest BCUT2D eigenvalue weighted by Crippen LogP contribution is 2.43. The van der Waals surface area contributed by atoms with Gasteiger partial charge >= 0.3 is 0 Å². The largest absolute Gasteiger partial charge is 0.309 e. The highest BCUT2D eigenvalue weighted by Gasteiger charge is 2.22. The molecule has 0 saturated heterocycles. The van der Waals surface area contributed by atoms with Crippen molar-refractivity contribution in [2.45, 2.75) is 6.42 Å². The Morgan fingerprint density at radius 2 is 1.22 bits per heavy atom. The molecule has 0 bridgehead atoms. The van der Waals surface area contributed by atoms with Crippen LogP contribution in [0.25, 0.3) is 60.5 Å². The third-order valence-corrected chi connectivity index (χ3v) is 7.80. The summed E-state index contributed by atoms with van der Waals surface area (Å²) in [7, 11) is 0. The summed E-state index contributed by atoms with van der Waals surface area (Å²) in [6.07, 6.45) is 1.00. The van der Waals surface area contributed by atoms with Gasteiger partial charge in [0.25, 0.3) is 0 Å². The second-order valence-corrected chi connectivity index (χ2v) is 9.79. The molecule has 1 nitrogen and oxygen atoms in total. The minimum atomic E-state index is 1.00. The molecule has 0 unspecified atom stereocenters. The Kier molecular flexibility index (Phi) is 4.06. The second-order valence-electron chi connectivity index (χ2n) is 9.79. The van der Waals surface area contributed by atoms with Crippen molar-refractivity contribution in [3.8, 4) is 27.9 Å². The lowest BCUT2D eigenvalue weighted by Gasteiger charge is -2.12. The third-order valence-electron chi connectivity index (χ3n) is 7.80. The molecule has 0 amide bonds. The van der Waals surface area contributed by atoms with Gasteiger partial charge in [0.2, 0.25) is 0 Å². The normalized spacial score (nSPS) is 12.3. The maximum atomic E-state index is 2.43. The summed E-state index contributed by atoms with van der Waals surface area (Å²) in [6, 6.07) is 46.7. The molecule has 1 aromatic heterocycles. The van der Waals surface area contributed by atoms with Gasteiger partial charge in [-0.2, -0.15) is 0 Å². The molecular formula is C35H23N. The van der Waals surface area contributed by atoms with E-state index >= 15 is 0 Å². The zero-order chi connectivity index (χ0) is 23.6. The zero-order valence-corrected chi connectivity index (χ0v) is 19.8. The lowest BCUT2D eigenvalue weighted by molar-refractivity contribution is 1.17. The van der Waals surface area contributed by atoms with Crippen LogP contribution in [0.1, 0.15) is 11.1 Å². The Morgan fingerprint density at radius 1 is 0.472 bits per heavy atom. The fourth-order valence-electron chi connectivity index (χ4n) is 6.14. The molecule has 6 aromatic carbocycles. The lowest BCUT2D eigenvalue weighted by atomic mass is 9.97. The summed E-state index contributed by atoms with van der Waals surface area (Å²) in [4.78, 5) is 0. The van der Waals surface area contributed by atoms with Crippen molar-refractivity contribution in [1.82, 2.24) is 4.57 Å². The van der Waals surface area contributed by atoms with Gasteiger partial charge in [0.1, 0.15) is 0 Å². The van der Waals surface area contributed by atoms with E-state index in [0.29, 0.717) is 0 Å². The van der Waals surface area contributed by atoms with Gasteiger partial charge in [0.05, 0.1) is 11.0 Å².